The van der Waals surface area contributed by atoms with Gasteiger partial charge in [0, 0.05) is 17.4 Å². The van der Waals surface area contributed by atoms with Gasteiger partial charge < -0.3 is 9.88 Å². The Kier molecular flexibility index (Phi) is 5.38. The molecule has 0 aliphatic carbocycles. The van der Waals surface area contributed by atoms with E-state index in [0.29, 0.717) is 35.5 Å². The third-order valence-corrected chi connectivity index (χ3v) is 6.19. The van der Waals surface area contributed by atoms with Gasteiger partial charge in [-0.3, -0.25) is 14.5 Å². The summed E-state index contributed by atoms with van der Waals surface area (Å²) in [6.45, 7) is -0.0312. The molecular weight excluding hydrogens is 452 g/mol. The predicted molar refractivity (Wildman–Crippen MR) is 118 cm³/mol. The molecule has 176 valence electrons. The molecule has 0 unspecified atom stereocenters. The van der Waals surface area contributed by atoms with E-state index in [1.807, 2.05) is 0 Å². The molecule has 1 N–H and O–H groups in total. The molecule has 0 radical (unpaired) electrons. The van der Waals surface area contributed by atoms with Crippen LogP contribution in [0.5, 0.6) is 0 Å². The third-order valence-electron chi connectivity index (χ3n) is 6.19. The molecule has 0 saturated carbocycles. The number of carbonyl (C=O) groups is 1. The maximum absolute atomic E-state index is 14.1. The summed E-state index contributed by atoms with van der Waals surface area (Å²) in [6, 6.07) is 7.82. The van der Waals surface area contributed by atoms with E-state index in [-0.39, 0.29) is 23.5 Å². The SMILES string of the molecule is O=C1c2cc(C(F)(F)F)ncc2N2CN1c1ccc(=O)[nH]c1CCCCCc1cc(F)ccc12. The number of carbonyl (C=O) groups excluding carboxylic acids is 1. The van der Waals surface area contributed by atoms with Crippen molar-refractivity contribution in [1.82, 2.24) is 9.97 Å². The number of aryl methyl sites for hydroxylation is 2. The number of benzene rings is 1. The van der Waals surface area contributed by atoms with Crippen molar-refractivity contribution in [2.45, 2.75) is 38.3 Å². The molecule has 5 rings (SSSR count). The van der Waals surface area contributed by atoms with Gasteiger partial charge in [-0.1, -0.05) is 6.42 Å². The van der Waals surface area contributed by atoms with Crippen LogP contribution in [-0.2, 0) is 19.0 Å². The summed E-state index contributed by atoms with van der Waals surface area (Å²) >= 11 is 0. The Morgan fingerprint density at radius 3 is 2.44 bits per heavy atom. The molecule has 10 heteroatoms. The molecule has 3 aromatic rings. The van der Waals surface area contributed by atoms with E-state index in [2.05, 4.69) is 9.97 Å². The van der Waals surface area contributed by atoms with Crippen molar-refractivity contribution < 1.29 is 22.4 Å². The molecule has 1 aromatic carbocycles. The van der Waals surface area contributed by atoms with E-state index in [1.54, 1.807) is 11.0 Å². The molecule has 0 fully saturated rings. The maximum atomic E-state index is 14.1. The zero-order chi connectivity index (χ0) is 24.0. The number of rotatable bonds is 0. The van der Waals surface area contributed by atoms with Crippen LogP contribution in [0, 0.1) is 5.82 Å². The van der Waals surface area contributed by atoms with E-state index in [9.17, 15) is 27.2 Å². The van der Waals surface area contributed by atoms with Crippen molar-refractivity contribution in [3.05, 3.63) is 81.3 Å². The highest BCUT2D eigenvalue weighted by molar-refractivity contribution is 6.12. The number of pyridine rings is 2. The number of alkyl halides is 3. The Morgan fingerprint density at radius 1 is 0.882 bits per heavy atom. The first-order chi connectivity index (χ1) is 16.2. The Bertz CT molecular complexity index is 1340. The number of aromatic nitrogens is 2. The fraction of sp³-hybridized carbons (Fsp3) is 0.292. The van der Waals surface area contributed by atoms with Gasteiger partial charge in [0.25, 0.3) is 5.91 Å². The van der Waals surface area contributed by atoms with Crippen LogP contribution < -0.4 is 15.4 Å². The number of hydrogen-bond donors (Lipinski definition) is 1. The van der Waals surface area contributed by atoms with Crippen LogP contribution in [0.3, 0.4) is 0 Å². The largest absolute Gasteiger partial charge is 0.433 e. The van der Waals surface area contributed by atoms with Crippen molar-refractivity contribution in [2.75, 3.05) is 16.5 Å². The van der Waals surface area contributed by atoms with Crippen LogP contribution in [0.1, 0.15) is 46.6 Å². The summed E-state index contributed by atoms with van der Waals surface area (Å²) in [7, 11) is 0. The number of hydrogen-bond acceptors (Lipinski definition) is 4. The normalized spacial score (nSPS) is 16.2. The van der Waals surface area contributed by atoms with Crippen LogP contribution >= 0.6 is 0 Å². The number of fused-ring (bicyclic) bond motifs is 8. The van der Waals surface area contributed by atoms with Gasteiger partial charge in [-0.25, -0.2) is 9.37 Å². The van der Waals surface area contributed by atoms with Crippen molar-refractivity contribution in [1.29, 1.82) is 0 Å². The van der Waals surface area contributed by atoms with Gasteiger partial charge in [-0.05, 0) is 61.6 Å². The van der Waals surface area contributed by atoms with E-state index in [0.717, 1.165) is 31.5 Å². The minimum absolute atomic E-state index is 0.0312. The standard InChI is InChI=1S/C24H20F4N4O2/c25-15-6-7-18-14(10-15)4-2-1-3-5-17-19(8-9-22(33)30-17)32-13-31(18)20-12-29-21(24(26,27)28)11-16(20)23(32)34/h6-12H,1-5,13H2,(H,30,33). The van der Waals surface area contributed by atoms with Crippen LogP contribution in [0.2, 0.25) is 0 Å². The summed E-state index contributed by atoms with van der Waals surface area (Å²) < 4.78 is 54.4. The van der Waals surface area contributed by atoms with E-state index in [1.165, 1.54) is 29.2 Å². The minimum atomic E-state index is -4.73. The Morgan fingerprint density at radius 2 is 1.65 bits per heavy atom. The Hall–Kier alpha value is -3.69. The zero-order valence-corrected chi connectivity index (χ0v) is 18.0. The lowest BCUT2D eigenvalue weighted by Gasteiger charge is -2.39. The van der Waals surface area contributed by atoms with Crippen molar-refractivity contribution in [2.24, 2.45) is 0 Å². The maximum Gasteiger partial charge on any atom is 0.433 e. The Labute approximate surface area is 191 Å². The number of anilines is 3. The molecule has 6 nitrogen and oxygen atoms in total. The van der Waals surface area contributed by atoms with Crippen molar-refractivity contribution >= 4 is 23.0 Å². The number of aromatic amines is 1. The number of nitrogens with one attached hydrogen (secondary N) is 1. The average molecular weight is 472 g/mol. The molecule has 0 saturated heterocycles. The first-order valence-corrected chi connectivity index (χ1v) is 10.9. The monoisotopic (exact) mass is 472 g/mol. The van der Waals surface area contributed by atoms with Gasteiger partial charge in [0.2, 0.25) is 5.56 Å². The number of nitrogens with zero attached hydrogens (tertiary/aromatic N) is 3. The molecule has 0 atom stereocenters. The summed E-state index contributed by atoms with van der Waals surface area (Å²) in [5.74, 6) is -1.04. The van der Waals surface area contributed by atoms with E-state index in [4.69, 9.17) is 0 Å². The highest BCUT2D eigenvalue weighted by Gasteiger charge is 2.38. The predicted octanol–water partition coefficient (Wildman–Crippen LogP) is 4.95. The first kappa shape index (κ1) is 22.1. The summed E-state index contributed by atoms with van der Waals surface area (Å²) in [5.41, 5.74) is 0.809. The summed E-state index contributed by atoms with van der Waals surface area (Å²) in [6.07, 6.45) is -0.345. The topological polar surface area (TPSA) is 69.3 Å². The van der Waals surface area contributed by atoms with Gasteiger partial charge in [0.1, 0.15) is 18.2 Å². The Balaban J connectivity index is 1.75. The highest BCUT2D eigenvalue weighted by atomic mass is 19.4. The molecule has 2 bridgehead atoms. The van der Waals surface area contributed by atoms with Crippen LogP contribution in [0.25, 0.3) is 0 Å². The second-order valence-corrected chi connectivity index (χ2v) is 8.41. The van der Waals surface area contributed by atoms with Gasteiger partial charge in [-0.15, -0.1) is 0 Å². The fourth-order valence-corrected chi connectivity index (χ4v) is 4.57. The quantitative estimate of drug-likeness (QED) is 0.470. The van der Waals surface area contributed by atoms with E-state index >= 15 is 0 Å². The van der Waals surface area contributed by atoms with Gasteiger partial charge in [0.05, 0.1) is 23.1 Å². The second kappa shape index (κ2) is 8.27. The highest BCUT2D eigenvalue weighted by Crippen LogP contribution is 2.40. The molecule has 2 aliphatic heterocycles. The molecule has 0 spiro atoms. The number of H-pyrrole nitrogens is 1. The minimum Gasteiger partial charge on any atom is -0.324 e. The van der Waals surface area contributed by atoms with Crippen LogP contribution in [0.15, 0.2) is 47.4 Å². The second-order valence-electron chi connectivity index (χ2n) is 8.41. The molecule has 4 heterocycles. The summed E-state index contributed by atoms with van der Waals surface area (Å²) in [4.78, 5) is 34.8. The van der Waals surface area contributed by atoms with Gasteiger partial charge >= 0.3 is 6.18 Å². The zero-order valence-electron chi connectivity index (χ0n) is 18.0. The third kappa shape index (κ3) is 3.93. The first-order valence-electron chi connectivity index (χ1n) is 10.9. The number of halogens is 4. The van der Waals surface area contributed by atoms with Crippen LogP contribution in [-0.4, -0.2) is 22.5 Å². The molecule has 34 heavy (non-hydrogen) atoms. The van der Waals surface area contributed by atoms with Crippen molar-refractivity contribution in [3.8, 4) is 0 Å². The number of amides is 1. The lowest BCUT2D eigenvalue weighted by Crippen LogP contribution is -2.46. The molecule has 2 aromatic heterocycles. The molecule has 1 amide bonds. The van der Waals surface area contributed by atoms with Gasteiger partial charge in [0.15, 0.2) is 0 Å². The lowest BCUT2D eigenvalue weighted by atomic mass is 9.99. The lowest BCUT2D eigenvalue weighted by molar-refractivity contribution is -0.141. The van der Waals surface area contributed by atoms with Gasteiger partial charge in [-0.2, -0.15) is 13.2 Å². The fourth-order valence-electron chi connectivity index (χ4n) is 4.57. The van der Waals surface area contributed by atoms with Crippen LogP contribution in [0.4, 0.5) is 34.6 Å². The molecular formula is C24H20F4N4O2. The smallest absolute Gasteiger partial charge is 0.324 e. The van der Waals surface area contributed by atoms with Crippen molar-refractivity contribution in [3.63, 3.8) is 0 Å². The average Bonchev–Trinajstić information content (AvgIpc) is 2.79. The van der Waals surface area contributed by atoms with E-state index < -0.39 is 23.6 Å². The summed E-state index contributed by atoms with van der Waals surface area (Å²) in [5, 5.41) is 0. The molecule has 2 aliphatic rings.